The Morgan fingerprint density at radius 1 is 1.47 bits per heavy atom. The average Bonchev–Trinajstić information content (AvgIpc) is 2.34. The van der Waals surface area contributed by atoms with E-state index in [1.165, 1.54) is 0 Å². The number of rotatable bonds is 6. The van der Waals surface area contributed by atoms with Crippen LogP contribution in [-0.4, -0.2) is 29.3 Å². The fraction of sp³-hybridized carbons (Fsp3) is 0.583. The van der Waals surface area contributed by atoms with Crippen molar-refractivity contribution in [2.24, 2.45) is 5.92 Å². The van der Waals surface area contributed by atoms with E-state index in [0.717, 1.165) is 23.9 Å². The molecule has 0 bridgehead atoms. The van der Waals surface area contributed by atoms with Crippen LogP contribution in [0.15, 0.2) is 17.4 Å². The van der Waals surface area contributed by atoms with Crippen molar-refractivity contribution < 1.29 is 0 Å². The Balaban J connectivity index is 2.83. The zero-order chi connectivity index (χ0) is 12.7. The van der Waals surface area contributed by atoms with Crippen LogP contribution in [0.25, 0.3) is 0 Å². The van der Waals surface area contributed by atoms with Gasteiger partial charge in [0.15, 0.2) is 0 Å². The van der Waals surface area contributed by atoms with E-state index in [0.29, 0.717) is 12.3 Å². The number of nitriles is 1. The molecule has 1 aromatic heterocycles. The third kappa shape index (κ3) is 4.61. The van der Waals surface area contributed by atoms with Gasteiger partial charge in [0.25, 0.3) is 0 Å². The average molecular weight is 250 g/mol. The first-order valence-electron chi connectivity index (χ1n) is 5.65. The van der Waals surface area contributed by atoms with Gasteiger partial charge in [0.05, 0.1) is 12.5 Å². The van der Waals surface area contributed by atoms with Gasteiger partial charge in [0.1, 0.15) is 17.2 Å². The largest absolute Gasteiger partial charge is 0.355 e. The monoisotopic (exact) mass is 250 g/mol. The molecule has 4 nitrogen and oxygen atoms in total. The van der Waals surface area contributed by atoms with Crippen molar-refractivity contribution in [3.8, 4) is 6.07 Å². The van der Waals surface area contributed by atoms with Gasteiger partial charge in [0.2, 0.25) is 0 Å². The van der Waals surface area contributed by atoms with Crippen LogP contribution in [0.4, 0.5) is 5.82 Å². The predicted molar refractivity (Wildman–Crippen MR) is 71.1 cm³/mol. The number of anilines is 1. The topological polar surface area (TPSA) is 52.8 Å². The molecule has 0 spiro atoms. The van der Waals surface area contributed by atoms with Gasteiger partial charge in [-0.05, 0) is 12.2 Å². The molecule has 1 rings (SSSR count). The van der Waals surface area contributed by atoms with Crippen molar-refractivity contribution in [1.82, 2.24) is 9.97 Å². The van der Waals surface area contributed by atoms with Gasteiger partial charge in [-0.3, -0.25) is 0 Å². The molecule has 0 N–H and O–H groups in total. The maximum Gasteiger partial charge on any atom is 0.133 e. The fourth-order valence-electron chi connectivity index (χ4n) is 1.54. The molecule has 0 aliphatic heterocycles. The van der Waals surface area contributed by atoms with Gasteiger partial charge in [-0.1, -0.05) is 13.8 Å². The molecule has 0 atom stereocenters. The molecule has 0 aliphatic rings. The van der Waals surface area contributed by atoms with E-state index in [4.69, 9.17) is 5.26 Å². The first-order valence-corrected chi connectivity index (χ1v) is 6.87. The number of hydrogen-bond acceptors (Lipinski definition) is 5. The summed E-state index contributed by atoms with van der Waals surface area (Å²) >= 11 is 1.60. The van der Waals surface area contributed by atoms with Gasteiger partial charge >= 0.3 is 0 Å². The van der Waals surface area contributed by atoms with E-state index < -0.39 is 0 Å². The van der Waals surface area contributed by atoms with Crippen molar-refractivity contribution in [3.63, 3.8) is 0 Å². The fourth-order valence-corrected chi connectivity index (χ4v) is 1.92. The molecular weight excluding hydrogens is 232 g/mol. The lowest BCUT2D eigenvalue weighted by molar-refractivity contribution is 0.606. The molecule has 0 unspecified atom stereocenters. The Morgan fingerprint density at radius 3 is 2.82 bits per heavy atom. The second-order valence-electron chi connectivity index (χ2n) is 4.17. The zero-order valence-electron chi connectivity index (χ0n) is 10.6. The first-order chi connectivity index (χ1) is 8.17. The van der Waals surface area contributed by atoms with E-state index in [-0.39, 0.29) is 0 Å². The number of aromatic nitrogens is 2. The van der Waals surface area contributed by atoms with Crippen LogP contribution in [0.3, 0.4) is 0 Å². The van der Waals surface area contributed by atoms with Crippen molar-refractivity contribution in [3.05, 3.63) is 12.4 Å². The van der Waals surface area contributed by atoms with E-state index in [1.54, 1.807) is 18.1 Å². The van der Waals surface area contributed by atoms with E-state index >= 15 is 0 Å². The van der Waals surface area contributed by atoms with Crippen LogP contribution in [0.2, 0.25) is 0 Å². The summed E-state index contributed by atoms with van der Waals surface area (Å²) in [6.07, 6.45) is 4.10. The summed E-state index contributed by atoms with van der Waals surface area (Å²) in [6, 6.07) is 4.16. The summed E-state index contributed by atoms with van der Waals surface area (Å²) in [7, 11) is 0. The molecule has 1 heterocycles. The molecule has 0 saturated heterocycles. The lowest BCUT2D eigenvalue weighted by Crippen LogP contribution is -2.29. The minimum atomic E-state index is 0.519. The Kier molecular flexibility index (Phi) is 5.78. The summed E-state index contributed by atoms with van der Waals surface area (Å²) in [6.45, 7) is 5.96. The highest BCUT2D eigenvalue weighted by Crippen LogP contribution is 2.18. The lowest BCUT2D eigenvalue weighted by Gasteiger charge is -2.24. The highest BCUT2D eigenvalue weighted by atomic mass is 32.2. The second-order valence-corrected chi connectivity index (χ2v) is 4.99. The summed E-state index contributed by atoms with van der Waals surface area (Å²) < 4.78 is 0. The van der Waals surface area contributed by atoms with Gasteiger partial charge < -0.3 is 4.90 Å². The summed E-state index contributed by atoms with van der Waals surface area (Å²) in [5.41, 5.74) is 0. The third-order valence-corrected chi connectivity index (χ3v) is 2.88. The molecule has 1 aromatic rings. The summed E-state index contributed by atoms with van der Waals surface area (Å²) in [5.74, 6) is 1.45. The summed E-state index contributed by atoms with van der Waals surface area (Å²) in [4.78, 5) is 10.6. The second kappa shape index (κ2) is 7.13. The third-order valence-electron chi connectivity index (χ3n) is 2.24. The van der Waals surface area contributed by atoms with E-state index in [1.807, 2.05) is 12.3 Å². The minimum absolute atomic E-state index is 0.519. The SMILES string of the molecule is CSc1cc(N(CCC#N)CC(C)C)ncn1. The molecule has 0 saturated carbocycles. The molecular formula is C12H18N4S. The van der Waals surface area contributed by atoms with Gasteiger partial charge in [-0.25, -0.2) is 9.97 Å². The number of nitrogens with zero attached hydrogens (tertiary/aromatic N) is 4. The maximum absolute atomic E-state index is 8.68. The molecule has 0 aliphatic carbocycles. The Labute approximate surface area is 107 Å². The molecule has 92 valence electrons. The van der Waals surface area contributed by atoms with Crippen molar-refractivity contribution in [2.75, 3.05) is 24.2 Å². The highest BCUT2D eigenvalue weighted by molar-refractivity contribution is 7.98. The lowest BCUT2D eigenvalue weighted by atomic mass is 10.2. The van der Waals surface area contributed by atoms with Crippen LogP contribution >= 0.6 is 11.8 Å². The van der Waals surface area contributed by atoms with E-state index in [2.05, 4.69) is 34.8 Å². The highest BCUT2D eigenvalue weighted by Gasteiger charge is 2.10. The molecule has 0 fully saturated rings. The Bertz CT molecular complexity index is 386. The molecule has 0 aromatic carbocycles. The van der Waals surface area contributed by atoms with Gasteiger partial charge in [-0.2, -0.15) is 5.26 Å². The smallest absolute Gasteiger partial charge is 0.133 e. The molecule has 5 heteroatoms. The zero-order valence-corrected chi connectivity index (χ0v) is 11.4. The van der Waals surface area contributed by atoms with Crippen molar-refractivity contribution in [2.45, 2.75) is 25.3 Å². The Morgan fingerprint density at radius 2 is 2.24 bits per heavy atom. The van der Waals surface area contributed by atoms with Gasteiger partial charge in [0, 0.05) is 19.2 Å². The maximum atomic E-state index is 8.68. The predicted octanol–water partition coefficient (Wildman–Crippen LogP) is 2.57. The minimum Gasteiger partial charge on any atom is -0.355 e. The van der Waals surface area contributed by atoms with Crippen molar-refractivity contribution in [1.29, 1.82) is 5.26 Å². The Hall–Kier alpha value is -1.28. The molecule has 0 radical (unpaired) electrons. The first kappa shape index (κ1) is 13.8. The quantitative estimate of drug-likeness (QED) is 0.573. The van der Waals surface area contributed by atoms with Crippen LogP contribution in [0, 0.1) is 17.2 Å². The molecule has 17 heavy (non-hydrogen) atoms. The number of thioether (sulfide) groups is 1. The van der Waals surface area contributed by atoms with Crippen molar-refractivity contribution >= 4 is 17.6 Å². The normalized spacial score (nSPS) is 10.3. The van der Waals surface area contributed by atoms with E-state index in [9.17, 15) is 0 Å². The standard InChI is InChI=1S/C12H18N4S/c1-10(2)8-16(6-4-5-13)11-7-12(17-3)15-9-14-11/h7,9-10H,4,6,8H2,1-3H3. The summed E-state index contributed by atoms with van der Waals surface area (Å²) in [5, 5.41) is 9.64. The number of hydrogen-bond donors (Lipinski definition) is 0. The van der Waals surface area contributed by atoms with Gasteiger partial charge in [-0.15, -0.1) is 11.8 Å². The van der Waals surface area contributed by atoms with Crippen LogP contribution in [0.5, 0.6) is 0 Å². The van der Waals surface area contributed by atoms with Crippen LogP contribution < -0.4 is 4.90 Å². The van der Waals surface area contributed by atoms with Crippen LogP contribution in [-0.2, 0) is 0 Å². The van der Waals surface area contributed by atoms with Crippen LogP contribution in [0.1, 0.15) is 20.3 Å². The molecule has 0 amide bonds.